The van der Waals surface area contributed by atoms with Crippen molar-refractivity contribution in [3.8, 4) is 0 Å². The molecule has 3 rings (SSSR count). The van der Waals surface area contributed by atoms with Gasteiger partial charge in [0.05, 0.1) is 11.6 Å². The van der Waals surface area contributed by atoms with E-state index >= 15 is 0 Å². The van der Waals surface area contributed by atoms with Gasteiger partial charge in [-0.15, -0.1) is 0 Å². The van der Waals surface area contributed by atoms with Gasteiger partial charge in [-0.3, -0.25) is 9.78 Å². The average Bonchev–Trinajstić information content (AvgIpc) is 2.82. The third-order valence-corrected chi connectivity index (χ3v) is 6.11. The van der Waals surface area contributed by atoms with Crippen LogP contribution in [-0.4, -0.2) is 120 Å². The van der Waals surface area contributed by atoms with E-state index in [0.29, 0.717) is 0 Å². The van der Waals surface area contributed by atoms with E-state index in [1.807, 2.05) is 5.32 Å². The fourth-order valence-corrected chi connectivity index (χ4v) is 4.20. The van der Waals surface area contributed by atoms with E-state index in [0.717, 1.165) is 6.20 Å². The Morgan fingerprint density at radius 1 is 1.11 bits per heavy atom. The number of H-pyrrole nitrogens is 2. The summed E-state index contributed by atoms with van der Waals surface area (Å²) in [6.45, 7) is 0. The predicted molar refractivity (Wildman–Crippen MR) is 117 cm³/mol. The number of hydrogen-bond acceptors (Lipinski definition) is 13. The topological polar surface area (TPSA) is 330 Å². The van der Waals surface area contributed by atoms with Gasteiger partial charge in [0.25, 0.3) is 5.56 Å². The first-order valence-electron chi connectivity index (χ1n) is 11.0. The highest BCUT2D eigenvalue weighted by molar-refractivity contribution is 5.75. The summed E-state index contributed by atoms with van der Waals surface area (Å²) >= 11 is 0. The number of amides is 2. The molecule has 3 heterocycles. The van der Waals surface area contributed by atoms with Gasteiger partial charge in [0, 0.05) is 18.7 Å². The normalized spacial score (nSPS) is 35.1. The molecule has 1 aromatic heterocycles. The van der Waals surface area contributed by atoms with E-state index < -0.39 is 102 Å². The van der Waals surface area contributed by atoms with Gasteiger partial charge in [0.15, 0.2) is 18.5 Å². The van der Waals surface area contributed by atoms with Gasteiger partial charge >= 0.3 is 23.7 Å². The van der Waals surface area contributed by atoms with E-state index in [9.17, 15) is 54.6 Å². The molecule has 0 saturated carbocycles. The molecule has 13 N–H and O–H groups in total. The molecule has 10 unspecified atom stereocenters. The monoisotopic (exact) mass is 549 g/mol. The zero-order valence-electron chi connectivity index (χ0n) is 19.2. The molecule has 212 valence electrons. The van der Waals surface area contributed by atoms with Gasteiger partial charge in [-0.2, -0.15) is 0 Å². The molecule has 2 aliphatic rings. The van der Waals surface area contributed by atoms with Gasteiger partial charge in [0.2, 0.25) is 0 Å². The molecule has 1 aromatic rings. The number of carboxylic acid groups (broad SMARTS) is 2. The summed E-state index contributed by atoms with van der Waals surface area (Å²) in [5.41, 5.74) is 8.27. The van der Waals surface area contributed by atoms with E-state index in [1.54, 1.807) is 4.98 Å². The highest BCUT2D eigenvalue weighted by Gasteiger charge is 2.54. The molecule has 11 atom stereocenters. The second-order valence-corrected chi connectivity index (χ2v) is 8.67. The van der Waals surface area contributed by atoms with Crippen LogP contribution in [0.3, 0.4) is 0 Å². The Labute approximate surface area is 210 Å². The van der Waals surface area contributed by atoms with Crippen LogP contribution in [0.4, 0.5) is 4.79 Å². The first-order valence-corrected chi connectivity index (χ1v) is 11.0. The summed E-state index contributed by atoms with van der Waals surface area (Å²) in [6.07, 6.45) is -17.2. The minimum atomic E-state index is -2.22. The Balaban J connectivity index is 1.94. The van der Waals surface area contributed by atoms with Crippen molar-refractivity contribution >= 4 is 18.0 Å². The predicted octanol–water partition coefficient (Wildman–Crippen LogP) is -6.02. The number of rotatable bonds is 8. The maximum Gasteiger partial charge on any atom is 0.335 e. The first-order chi connectivity index (χ1) is 17.7. The number of carboxylic acids is 2. The molecule has 0 aromatic carbocycles. The van der Waals surface area contributed by atoms with Crippen molar-refractivity contribution in [2.75, 3.05) is 0 Å². The SMILES string of the molecule is NC(=O)NC1C(O)C([C@@H](O)C(O)c2c[nH]c(=O)[nH]c2=O)OC(C(=O)O)C1OC1OC(C(=O)O)CC(N)C1O. The van der Waals surface area contributed by atoms with Crippen molar-refractivity contribution in [1.82, 2.24) is 15.3 Å². The largest absolute Gasteiger partial charge is 0.479 e. The third-order valence-electron chi connectivity index (χ3n) is 6.11. The molecule has 2 aliphatic heterocycles. The Hall–Kier alpha value is -3.43. The van der Waals surface area contributed by atoms with Gasteiger partial charge in [-0.05, 0) is 0 Å². The number of nitrogens with two attached hydrogens (primary N) is 2. The van der Waals surface area contributed by atoms with Crippen LogP contribution in [-0.2, 0) is 23.8 Å². The average molecular weight is 549 g/mol. The Kier molecular flexibility index (Phi) is 8.84. The number of carbonyl (C=O) groups is 3. The molecular formula is C19H27N5O14. The number of nitrogens with one attached hydrogen (secondary N) is 3. The first kappa shape index (κ1) is 29.1. The lowest BCUT2D eigenvalue weighted by Crippen LogP contribution is -2.70. The highest BCUT2D eigenvalue weighted by Crippen LogP contribution is 2.32. The zero-order valence-corrected chi connectivity index (χ0v) is 19.2. The summed E-state index contributed by atoms with van der Waals surface area (Å²) in [4.78, 5) is 62.2. The summed E-state index contributed by atoms with van der Waals surface area (Å²) in [5.74, 6) is -3.24. The van der Waals surface area contributed by atoms with E-state index in [2.05, 4.69) is 4.98 Å². The smallest absolute Gasteiger partial charge is 0.335 e. The summed E-state index contributed by atoms with van der Waals surface area (Å²) in [6, 6.07) is -4.31. The van der Waals surface area contributed by atoms with Crippen molar-refractivity contribution in [2.45, 2.75) is 73.6 Å². The van der Waals surface area contributed by atoms with Gasteiger partial charge in [-0.25, -0.2) is 19.2 Å². The zero-order chi connectivity index (χ0) is 28.5. The van der Waals surface area contributed by atoms with Crippen LogP contribution >= 0.6 is 0 Å². The molecule has 0 radical (unpaired) electrons. The number of aliphatic carboxylic acids is 2. The van der Waals surface area contributed by atoms with Crippen LogP contribution in [0.15, 0.2) is 15.8 Å². The molecule has 19 heteroatoms. The fourth-order valence-electron chi connectivity index (χ4n) is 4.20. The molecule has 0 bridgehead atoms. The number of aromatic amines is 2. The lowest BCUT2D eigenvalue weighted by Gasteiger charge is -2.47. The maximum absolute atomic E-state index is 12.1. The van der Waals surface area contributed by atoms with Crippen LogP contribution in [0.2, 0.25) is 0 Å². The molecule has 2 amide bonds. The lowest BCUT2D eigenvalue weighted by molar-refractivity contribution is -0.301. The Morgan fingerprint density at radius 3 is 2.32 bits per heavy atom. The third kappa shape index (κ3) is 6.00. The minimum Gasteiger partial charge on any atom is -0.479 e. The molecule has 0 spiro atoms. The number of carbonyl (C=O) groups excluding carboxylic acids is 1. The minimum absolute atomic E-state index is 0.318. The van der Waals surface area contributed by atoms with E-state index in [-0.39, 0.29) is 6.42 Å². The molecule has 19 nitrogen and oxygen atoms in total. The maximum atomic E-state index is 12.1. The molecule has 38 heavy (non-hydrogen) atoms. The van der Waals surface area contributed by atoms with Crippen molar-refractivity contribution < 1.29 is 59.2 Å². The van der Waals surface area contributed by atoms with Crippen molar-refractivity contribution in [1.29, 1.82) is 0 Å². The quantitative estimate of drug-likeness (QED) is 0.144. The molecule has 2 saturated heterocycles. The van der Waals surface area contributed by atoms with Crippen LogP contribution in [0.5, 0.6) is 0 Å². The molecule has 0 aliphatic carbocycles. The van der Waals surface area contributed by atoms with Crippen molar-refractivity contribution in [2.24, 2.45) is 11.5 Å². The summed E-state index contributed by atoms with van der Waals surface area (Å²) in [7, 11) is 0. The number of aliphatic hydroxyl groups excluding tert-OH is 4. The number of hydrogen-bond donors (Lipinski definition) is 11. The van der Waals surface area contributed by atoms with Crippen molar-refractivity contribution in [3.05, 3.63) is 32.6 Å². The summed E-state index contributed by atoms with van der Waals surface area (Å²) in [5, 5.41) is 63.5. The Morgan fingerprint density at radius 2 is 1.76 bits per heavy atom. The molecule has 2 fully saturated rings. The van der Waals surface area contributed by atoms with Gasteiger partial charge in [0.1, 0.15) is 36.6 Å². The van der Waals surface area contributed by atoms with Gasteiger partial charge < -0.3 is 66.6 Å². The number of primary amides is 1. The van der Waals surface area contributed by atoms with Crippen molar-refractivity contribution in [3.63, 3.8) is 0 Å². The molecular weight excluding hydrogens is 522 g/mol. The van der Waals surface area contributed by atoms with Crippen LogP contribution in [0, 0.1) is 0 Å². The second kappa shape index (κ2) is 11.5. The fraction of sp³-hybridized carbons (Fsp3) is 0.632. The highest BCUT2D eigenvalue weighted by atomic mass is 16.7. The van der Waals surface area contributed by atoms with Gasteiger partial charge in [-0.1, -0.05) is 0 Å². The lowest BCUT2D eigenvalue weighted by atomic mass is 9.87. The number of ether oxygens (including phenoxy) is 3. The standard InChI is InChI=1S/C19H27N5O14/c20-4-1-5(15(30)31)36-17(8(4)26)38-11-6(23-18(21)34)9(27)12(37-13(11)16(32)33)10(28)7(25)3-2-22-19(35)24-14(3)29/h2,4-13,17,25-28H,1,20H2,(H,30,31)(H,32,33)(H3,21,23,34)(H2,22,24,29,35)/t4?,5?,6?,7?,8?,9?,10-,11?,12?,13?,17?/m0/s1. The van der Waals surface area contributed by atoms with Crippen LogP contribution < -0.4 is 28.0 Å². The Bertz CT molecular complexity index is 1160. The van der Waals surface area contributed by atoms with E-state index in [4.69, 9.17) is 25.7 Å². The number of aliphatic hydroxyl groups is 4. The number of aromatic nitrogens is 2. The number of urea groups is 1. The van der Waals surface area contributed by atoms with Crippen LogP contribution in [0.25, 0.3) is 0 Å². The second-order valence-electron chi connectivity index (χ2n) is 8.67. The van der Waals surface area contributed by atoms with Crippen LogP contribution in [0.1, 0.15) is 18.1 Å². The summed E-state index contributed by atoms with van der Waals surface area (Å²) < 4.78 is 15.9. The van der Waals surface area contributed by atoms with E-state index in [1.165, 1.54) is 0 Å².